The molecule has 0 saturated heterocycles. The number of alkyl halides is 3. The number of aliphatic hydroxyl groups excluding tert-OH is 1. The fraction of sp³-hybridized carbons (Fsp3) is 0.467. The van der Waals surface area contributed by atoms with Crippen molar-refractivity contribution in [2.24, 2.45) is 0 Å². The smallest absolute Gasteiger partial charge is 0.395 e. The van der Waals surface area contributed by atoms with Crippen LogP contribution in [0.3, 0.4) is 0 Å². The van der Waals surface area contributed by atoms with Crippen molar-refractivity contribution < 1.29 is 27.9 Å². The number of likely N-dealkylation sites (N-methyl/N-ethyl adjacent to an activating group) is 1. The topological polar surface area (TPSA) is 72.9 Å². The lowest BCUT2D eigenvalue weighted by Gasteiger charge is -2.32. The largest absolute Gasteiger partial charge is 0.409 e. The lowest BCUT2D eigenvalue weighted by Crippen LogP contribution is -2.52. The highest BCUT2D eigenvalue weighted by atomic mass is 19.4. The highest BCUT2D eigenvalue weighted by molar-refractivity contribution is 6.05. The number of hydrogen-bond acceptors (Lipinski definition) is 4. The third-order valence-corrected chi connectivity index (χ3v) is 3.66. The standard InChI is InChI=1S/C15H18F3N3O3/c1-20(6-7-22)9-14(24)21-11-5-3-2-4-10(11)19-13(23)8-12(21)15(16,17)18/h2-5,12,22H,6-9H2,1H3,(H,19,23). The summed E-state index contributed by atoms with van der Waals surface area (Å²) in [5, 5.41) is 11.3. The Morgan fingerprint density at radius 1 is 1.42 bits per heavy atom. The average Bonchev–Trinajstić information content (AvgIpc) is 2.62. The average molecular weight is 345 g/mol. The molecule has 2 rings (SSSR count). The number of nitrogens with one attached hydrogen (secondary N) is 1. The van der Waals surface area contributed by atoms with Gasteiger partial charge in [-0.05, 0) is 19.2 Å². The number of carbonyl (C=O) groups excluding carboxylic acids is 2. The van der Waals surface area contributed by atoms with Crippen LogP contribution in [0.5, 0.6) is 0 Å². The normalized spacial score (nSPS) is 18.2. The molecule has 0 fully saturated rings. The van der Waals surface area contributed by atoms with Gasteiger partial charge in [0.2, 0.25) is 11.8 Å². The van der Waals surface area contributed by atoms with Crippen molar-refractivity contribution in [3.63, 3.8) is 0 Å². The van der Waals surface area contributed by atoms with Gasteiger partial charge in [-0.15, -0.1) is 0 Å². The van der Waals surface area contributed by atoms with Crippen molar-refractivity contribution in [2.75, 3.05) is 37.0 Å². The molecule has 1 aliphatic rings. The second-order valence-electron chi connectivity index (χ2n) is 5.55. The number of halogens is 3. The number of benzene rings is 1. The summed E-state index contributed by atoms with van der Waals surface area (Å²) in [7, 11) is 1.52. The van der Waals surface area contributed by atoms with E-state index in [1.54, 1.807) is 6.07 Å². The Balaban J connectivity index is 2.44. The molecule has 0 bridgehead atoms. The van der Waals surface area contributed by atoms with Crippen LogP contribution in [-0.2, 0) is 9.59 Å². The van der Waals surface area contributed by atoms with Crippen LogP contribution >= 0.6 is 0 Å². The maximum atomic E-state index is 13.5. The quantitative estimate of drug-likeness (QED) is 0.861. The van der Waals surface area contributed by atoms with Crippen LogP contribution in [0.1, 0.15) is 6.42 Å². The third kappa shape index (κ3) is 4.04. The van der Waals surface area contributed by atoms with Crippen molar-refractivity contribution >= 4 is 23.2 Å². The van der Waals surface area contributed by atoms with Gasteiger partial charge < -0.3 is 10.4 Å². The Hall–Kier alpha value is -2.13. The van der Waals surface area contributed by atoms with Gasteiger partial charge in [0.1, 0.15) is 6.04 Å². The summed E-state index contributed by atoms with van der Waals surface area (Å²) < 4.78 is 40.4. The number of fused-ring (bicyclic) bond motifs is 1. The van der Waals surface area contributed by atoms with Crippen LogP contribution in [0.4, 0.5) is 24.5 Å². The second-order valence-corrected chi connectivity index (χ2v) is 5.55. The van der Waals surface area contributed by atoms with Gasteiger partial charge in [-0.25, -0.2) is 0 Å². The molecular weight excluding hydrogens is 327 g/mol. The molecule has 24 heavy (non-hydrogen) atoms. The lowest BCUT2D eigenvalue weighted by atomic mass is 10.1. The summed E-state index contributed by atoms with van der Waals surface area (Å²) >= 11 is 0. The van der Waals surface area contributed by atoms with E-state index in [0.29, 0.717) is 4.90 Å². The van der Waals surface area contributed by atoms with E-state index >= 15 is 0 Å². The minimum atomic E-state index is -4.75. The van der Waals surface area contributed by atoms with E-state index in [0.717, 1.165) is 0 Å². The first-order chi connectivity index (χ1) is 11.2. The fourth-order valence-electron chi connectivity index (χ4n) is 2.55. The van der Waals surface area contributed by atoms with Crippen LogP contribution in [0.2, 0.25) is 0 Å². The van der Waals surface area contributed by atoms with E-state index in [9.17, 15) is 22.8 Å². The molecule has 2 N–H and O–H groups in total. The lowest BCUT2D eigenvalue weighted by molar-refractivity contribution is -0.158. The van der Waals surface area contributed by atoms with E-state index in [4.69, 9.17) is 5.11 Å². The van der Waals surface area contributed by atoms with Gasteiger partial charge in [0, 0.05) is 6.54 Å². The number of amides is 2. The molecule has 0 saturated carbocycles. The molecule has 0 aliphatic carbocycles. The summed E-state index contributed by atoms with van der Waals surface area (Å²) in [6, 6.07) is 3.64. The third-order valence-electron chi connectivity index (χ3n) is 3.66. The second kappa shape index (κ2) is 7.18. The summed E-state index contributed by atoms with van der Waals surface area (Å²) in [6.07, 6.45) is -5.62. The zero-order valence-corrected chi connectivity index (χ0v) is 13.0. The van der Waals surface area contributed by atoms with Gasteiger partial charge in [-0.2, -0.15) is 13.2 Å². The number of rotatable bonds is 4. The highest BCUT2D eigenvalue weighted by Gasteiger charge is 2.48. The number of aliphatic hydroxyl groups is 1. The Kier molecular flexibility index (Phi) is 5.45. The zero-order chi connectivity index (χ0) is 17.9. The predicted octanol–water partition coefficient (Wildman–Crippen LogP) is 1.22. The maximum absolute atomic E-state index is 13.5. The summed E-state index contributed by atoms with van der Waals surface area (Å²) in [4.78, 5) is 26.4. The van der Waals surface area contributed by atoms with E-state index < -0.39 is 30.5 Å². The molecule has 1 atom stereocenters. The Bertz CT molecular complexity index is 621. The Labute approximate surface area is 136 Å². The monoisotopic (exact) mass is 345 g/mol. The van der Waals surface area contributed by atoms with Crippen molar-refractivity contribution in [3.8, 4) is 0 Å². The van der Waals surface area contributed by atoms with Gasteiger partial charge in [-0.1, -0.05) is 12.1 Å². The Morgan fingerprint density at radius 2 is 2.08 bits per heavy atom. The van der Waals surface area contributed by atoms with Crippen molar-refractivity contribution in [1.29, 1.82) is 0 Å². The first-order valence-corrected chi connectivity index (χ1v) is 7.31. The van der Waals surface area contributed by atoms with Crippen molar-refractivity contribution in [3.05, 3.63) is 24.3 Å². The molecule has 132 valence electrons. The van der Waals surface area contributed by atoms with Crippen LogP contribution in [0.15, 0.2) is 24.3 Å². The summed E-state index contributed by atoms with van der Waals surface area (Å²) in [5.41, 5.74) is 0.167. The first kappa shape index (κ1) is 18.2. The van der Waals surface area contributed by atoms with Gasteiger partial charge in [0.05, 0.1) is 30.9 Å². The van der Waals surface area contributed by atoms with Gasteiger partial charge in [-0.3, -0.25) is 19.4 Å². The van der Waals surface area contributed by atoms with Gasteiger partial charge in [0.25, 0.3) is 0 Å². The van der Waals surface area contributed by atoms with E-state index in [-0.39, 0.29) is 31.1 Å². The first-order valence-electron chi connectivity index (χ1n) is 7.31. The van der Waals surface area contributed by atoms with Gasteiger partial charge in [0.15, 0.2) is 0 Å². The maximum Gasteiger partial charge on any atom is 0.409 e. The number of carbonyl (C=O) groups is 2. The molecular formula is C15H18F3N3O3. The minimum Gasteiger partial charge on any atom is -0.395 e. The molecule has 1 unspecified atom stereocenters. The highest BCUT2D eigenvalue weighted by Crippen LogP contribution is 2.37. The number of hydrogen-bond donors (Lipinski definition) is 2. The summed E-state index contributed by atoms with van der Waals surface area (Å²) in [6.45, 7) is -0.381. The molecule has 0 spiro atoms. The predicted molar refractivity (Wildman–Crippen MR) is 81.6 cm³/mol. The SMILES string of the molecule is CN(CCO)CC(=O)N1c2ccccc2NC(=O)CC1C(F)(F)F. The summed E-state index contributed by atoms with van der Waals surface area (Å²) in [5.74, 6) is -1.60. The van der Waals surface area contributed by atoms with E-state index in [1.165, 1.54) is 30.1 Å². The molecule has 0 aromatic heterocycles. The van der Waals surface area contributed by atoms with E-state index in [2.05, 4.69) is 5.32 Å². The number of para-hydroxylation sites is 2. The molecule has 1 aliphatic heterocycles. The molecule has 6 nitrogen and oxygen atoms in total. The van der Waals surface area contributed by atoms with Crippen LogP contribution in [-0.4, -0.2) is 60.8 Å². The van der Waals surface area contributed by atoms with Crippen LogP contribution in [0, 0.1) is 0 Å². The van der Waals surface area contributed by atoms with Gasteiger partial charge >= 0.3 is 6.18 Å². The molecule has 1 aromatic rings. The molecule has 1 heterocycles. The van der Waals surface area contributed by atoms with Crippen LogP contribution in [0.25, 0.3) is 0 Å². The molecule has 1 aromatic carbocycles. The van der Waals surface area contributed by atoms with E-state index in [1.807, 2.05) is 0 Å². The van der Waals surface area contributed by atoms with Crippen molar-refractivity contribution in [2.45, 2.75) is 18.6 Å². The van der Waals surface area contributed by atoms with Crippen LogP contribution < -0.4 is 10.2 Å². The zero-order valence-electron chi connectivity index (χ0n) is 13.0. The molecule has 9 heteroatoms. The fourth-order valence-corrected chi connectivity index (χ4v) is 2.55. The minimum absolute atomic E-state index is 0.00748. The molecule has 2 amide bonds. The molecule has 0 radical (unpaired) electrons. The number of nitrogens with zero attached hydrogens (tertiary/aromatic N) is 2. The Morgan fingerprint density at radius 3 is 2.71 bits per heavy atom. The number of anilines is 2. The van der Waals surface area contributed by atoms with Crippen molar-refractivity contribution in [1.82, 2.24) is 4.90 Å².